The first-order valence-electron chi connectivity index (χ1n) is 12.5. The van der Waals surface area contributed by atoms with Crippen LogP contribution in [0.2, 0.25) is 5.02 Å². The van der Waals surface area contributed by atoms with Gasteiger partial charge in [-0.15, -0.1) is 0 Å². The van der Waals surface area contributed by atoms with Gasteiger partial charge in [0.25, 0.3) is 11.5 Å². The molecule has 0 spiro atoms. The van der Waals surface area contributed by atoms with Crippen molar-refractivity contribution < 1.29 is 14.4 Å². The Labute approximate surface area is 220 Å². The molecule has 2 aromatic carbocycles. The highest BCUT2D eigenvalue weighted by atomic mass is 35.5. The molecule has 8 heteroatoms. The van der Waals surface area contributed by atoms with Gasteiger partial charge in [0.2, 0.25) is 5.91 Å². The van der Waals surface area contributed by atoms with Crippen LogP contribution >= 0.6 is 11.6 Å². The molecule has 3 heterocycles. The third kappa shape index (κ3) is 5.23. The molecule has 1 aromatic heterocycles. The van der Waals surface area contributed by atoms with Crippen molar-refractivity contribution in [2.24, 2.45) is 5.92 Å². The van der Waals surface area contributed by atoms with Crippen LogP contribution in [-0.2, 0) is 22.6 Å². The van der Waals surface area contributed by atoms with E-state index in [-0.39, 0.29) is 16.8 Å². The van der Waals surface area contributed by atoms with Crippen molar-refractivity contribution in [3.63, 3.8) is 0 Å². The number of benzene rings is 2. The van der Waals surface area contributed by atoms with Crippen molar-refractivity contribution >= 4 is 29.2 Å². The summed E-state index contributed by atoms with van der Waals surface area (Å²) >= 11 is 6.12. The lowest BCUT2D eigenvalue weighted by atomic mass is 9.92. The number of hydrogen-bond acceptors (Lipinski definition) is 4. The lowest BCUT2D eigenvalue weighted by Gasteiger charge is -2.37. The van der Waals surface area contributed by atoms with Crippen LogP contribution in [0.25, 0.3) is 0 Å². The summed E-state index contributed by atoms with van der Waals surface area (Å²) < 4.78 is 1.11. The summed E-state index contributed by atoms with van der Waals surface area (Å²) in [6.07, 6.45) is 3.20. The maximum absolute atomic E-state index is 13.7. The molecule has 3 aromatic rings. The molecular weight excluding hydrogens is 490 g/mol. The maximum Gasteiger partial charge on any atom is 0.253 e. The van der Waals surface area contributed by atoms with Gasteiger partial charge in [-0.1, -0.05) is 66.2 Å². The van der Waals surface area contributed by atoms with Crippen LogP contribution in [0.3, 0.4) is 0 Å². The molecule has 0 bridgehead atoms. The van der Waals surface area contributed by atoms with Gasteiger partial charge in [0, 0.05) is 49.9 Å². The maximum atomic E-state index is 13.7. The van der Waals surface area contributed by atoms with E-state index in [1.165, 1.54) is 29.5 Å². The van der Waals surface area contributed by atoms with E-state index in [9.17, 15) is 19.2 Å². The third-order valence-corrected chi connectivity index (χ3v) is 7.54. The van der Waals surface area contributed by atoms with Crippen LogP contribution < -0.4 is 5.56 Å². The number of rotatable bonds is 5. The van der Waals surface area contributed by atoms with E-state index in [4.69, 9.17) is 11.6 Å². The van der Waals surface area contributed by atoms with E-state index in [0.29, 0.717) is 44.6 Å². The first kappa shape index (κ1) is 25.0. The molecule has 0 N–H and O–H groups in total. The molecule has 2 aliphatic heterocycles. The fourth-order valence-corrected chi connectivity index (χ4v) is 5.43. The average Bonchev–Trinajstić information content (AvgIpc) is 2.94. The zero-order valence-corrected chi connectivity index (χ0v) is 21.1. The topological polar surface area (TPSA) is 79.7 Å². The molecule has 37 heavy (non-hydrogen) atoms. The quantitative estimate of drug-likeness (QED) is 0.381. The molecule has 7 nitrogen and oxygen atoms in total. The Kier molecular flexibility index (Phi) is 7.24. The van der Waals surface area contributed by atoms with Crippen molar-refractivity contribution in [3.05, 3.63) is 105 Å². The molecule has 0 radical (unpaired) electrons. The molecule has 1 unspecified atom stereocenters. The average molecular weight is 518 g/mol. The van der Waals surface area contributed by atoms with Gasteiger partial charge in [0.15, 0.2) is 11.8 Å². The molecule has 0 aliphatic carbocycles. The zero-order chi connectivity index (χ0) is 25.9. The van der Waals surface area contributed by atoms with Crippen LogP contribution in [0.5, 0.6) is 0 Å². The fourth-order valence-electron chi connectivity index (χ4n) is 5.26. The second-order valence-corrected chi connectivity index (χ2v) is 10.0. The van der Waals surface area contributed by atoms with Crippen LogP contribution in [0.4, 0.5) is 0 Å². The minimum absolute atomic E-state index is 0.115. The van der Waals surface area contributed by atoms with Crippen molar-refractivity contribution in [2.45, 2.75) is 31.8 Å². The van der Waals surface area contributed by atoms with E-state index in [0.717, 1.165) is 11.0 Å². The van der Waals surface area contributed by atoms with E-state index in [1.54, 1.807) is 35.2 Å². The number of amides is 2. The number of Topliss-reactive ketones (excluding diaryl/α,β-unsaturated/α-hetero) is 1. The predicted octanol–water partition coefficient (Wildman–Crippen LogP) is 3.75. The van der Waals surface area contributed by atoms with Gasteiger partial charge in [0.05, 0.1) is 5.02 Å². The standard InChI is InChI=1S/C29H28ClN3O4/c30-24-10-11-25(34)33(19-24)26(27(35)21-7-2-1-3-8-21)29(37)31-15-13-22(14-16-31)28(36)32-17-12-20-6-4-5-9-23(20)18-32/h1-11,19,22,26H,12-18H2. The van der Waals surface area contributed by atoms with Gasteiger partial charge in [-0.2, -0.15) is 0 Å². The van der Waals surface area contributed by atoms with Gasteiger partial charge in [-0.25, -0.2) is 0 Å². The molecular formula is C29H28ClN3O4. The number of pyridine rings is 1. The Morgan fingerprint density at radius 3 is 2.22 bits per heavy atom. The summed E-state index contributed by atoms with van der Waals surface area (Å²) in [7, 11) is 0. The molecule has 1 atom stereocenters. The van der Waals surface area contributed by atoms with Crippen LogP contribution in [0, 0.1) is 5.92 Å². The number of likely N-dealkylation sites (tertiary alicyclic amines) is 1. The van der Waals surface area contributed by atoms with Crippen LogP contribution in [0.15, 0.2) is 77.7 Å². The van der Waals surface area contributed by atoms with Gasteiger partial charge >= 0.3 is 0 Å². The first-order valence-corrected chi connectivity index (χ1v) is 12.9. The minimum Gasteiger partial charge on any atom is -0.340 e. The Hall–Kier alpha value is -3.71. The summed E-state index contributed by atoms with van der Waals surface area (Å²) in [4.78, 5) is 56.6. The number of carbonyl (C=O) groups is 3. The number of ketones is 1. The zero-order valence-electron chi connectivity index (χ0n) is 20.4. The summed E-state index contributed by atoms with van der Waals surface area (Å²) in [5.74, 6) is -0.993. The monoisotopic (exact) mass is 517 g/mol. The lowest BCUT2D eigenvalue weighted by Crippen LogP contribution is -2.49. The second kappa shape index (κ2) is 10.7. The molecule has 1 fully saturated rings. The highest BCUT2D eigenvalue weighted by molar-refractivity contribution is 6.30. The fraction of sp³-hybridized carbons (Fsp3) is 0.310. The van der Waals surface area contributed by atoms with E-state index < -0.39 is 23.3 Å². The van der Waals surface area contributed by atoms with Gasteiger partial charge in [-0.3, -0.25) is 23.7 Å². The highest BCUT2D eigenvalue weighted by Gasteiger charge is 2.37. The number of halogens is 1. The smallest absolute Gasteiger partial charge is 0.253 e. The Balaban J connectivity index is 1.31. The SMILES string of the molecule is O=C(c1ccccc1)C(C(=O)N1CCC(C(=O)N2CCc3ccccc3C2)CC1)n1cc(Cl)ccc1=O. The summed E-state index contributed by atoms with van der Waals surface area (Å²) in [5, 5.41) is 0.255. The third-order valence-electron chi connectivity index (χ3n) is 7.32. The van der Waals surface area contributed by atoms with E-state index >= 15 is 0 Å². The Morgan fingerprint density at radius 2 is 1.49 bits per heavy atom. The summed E-state index contributed by atoms with van der Waals surface area (Å²) in [5.41, 5.74) is 2.33. The number of nitrogens with zero attached hydrogens (tertiary/aromatic N) is 3. The number of piperidine rings is 1. The van der Waals surface area contributed by atoms with Crippen molar-refractivity contribution in [2.75, 3.05) is 19.6 Å². The van der Waals surface area contributed by atoms with Gasteiger partial charge < -0.3 is 9.80 Å². The molecule has 2 aliphatic rings. The predicted molar refractivity (Wildman–Crippen MR) is 140 cm³/mol. The van der Waals surface area contributed by atoms with E-state index in [1.807, 2.05) is 17.0 Å². The molecule has 190 valence electrons. The number of fused-ring (bicyclic) bond motifs is 1. The molecule has 5 rings (SSSR count). The summed E-state index contributed by atoms with van der Waals surface area (Å²) in [6, 6.07) is 18.0. The highest BCUT2D eigenvalue weighted by Crippen LogP contribution is 2.27. The van der Waals surface area contributed by atoms with Crippen molar-refractivity contribution in [1.82, 2.24) is 14.4 Å². The Bertz CT molecular complexity index is 1380. The number of aromatic nitrogens is 1. The second-order valence-electron chi connectivity index (χ2n) is 9.60. The molecule has 1 saturated heterocycles. The normalized spacial score (nSPS) is 16.7. The van der Waals surface area contributed by atoms with Crippen molar-refractivity contribution in [3.8, 4) is 0 Å². The van der Waals surface area contributed by atoms with Crippen LogP contribution in [-0.4, -0.2) is 51.6 Å². The van der Waals surface area contributed by atoms with Gasteiger partial charge in [-0.05, 0) is 36.5 Å². The lowest BCUT2D eigenvalue weighted by molar-refractivity contribution is -0.142. The minimum atomic E-state index is -1.36. The summed E-state index contributed by atoms with van der Waals surface area (Å²) in [6.45, 7) is 1.99. The van der Waals surface area contributed by atoms with Crippen molar-refractivity contribution in [1.29, 1.82) is 0 Å². The Morgan fingerprint density at radius 1 is 0.811 bits per heavy atom. The largest absolute Gasteiger partial charge is 0.340 e. The van der Waals surface area contributed by atoms with Crippen LogP contribution in [0.1, 0.15) is 40.4 Å². The molecule has 2 amide bonds. The molecule has 0 saturated carbocycles. The number of hydrogen-bond donors (Lipinski definition) is 0. The van der Waals surface area contributed by atoms with Gasteiger partial charge in [0.1, 0.15) is 0 Å². The first-order chi connectivity index (χ1) is 17.9. The number of carbonyl (C=O) groups excluding carboxylic acids is 3. The van der Waals surface area contributed by atoms with E-state index in [2.05, 4.69) is 12.1 Å².